The first-order chi connectivity index (χ1) is 24.0. The molecule has 0 aromatic rings. The van der Waals surface area contributed by atoms with Crippen LogP contribution in [0.25, 0.3) is 0 Å². The van der Waals surface area contributed by atoms with Crippen LogP contribution in [0.1, 0.15) is 221 Å². The third-order valence-corrected chi connectivity index (χ3v) is 15.6. The van der Waals surface area contributed by atoms with E-state index in [1.54, 1.807) is 0 Å². The molecule has 1 unspecified atom stereocenters. The van der Waals surface area contributed by atoms with Gasteiger partial charge in [0.25, 0.3) is 0 Å². The molecule has 0 saturated carbocycles. The summed E-state index contributed by atoms with van der Waals surface area (Å²) in [5.74, 6) is 0.567. The van der Waals surface area contributed by atoms with E-state index in [4.69, 9.17) is 13.9 Å². The van der Waals surface area contributed by atoms with E-state index >= 15 is 0 Å². The van der Waals surface area contributed by atoms with Crippen LogP contribution >= 0.6 is 0 Å². The van der Waals surface area contributed by atoms with E-state index in [0.717, 1.165) is 83.7 Å². The summed E-state index contributed by atoms with van der Waals surface area (Å²) in [5.41, 5.74) is 0. The molecule has 0 aromatic heterocycles. The van der Waals surface area contributed by atoms with Gasteiger partial charge in [0.1, 0.15) is 0 Å². The van der Waals surface area contributed by atoms with E-state index in [9.17, 15) is 9.59 Å². The summed E-state index contributed by atoms with van der Waals surface area (Å²) in [7, 11) is -1.83. The van der Waals surface area contributed by atoms with Gasteiger partial charge >= 0.3 is 11.9 Å². The van der Waals surface area contributed by atoms with E-state index < -0.39 is 8.32 Å². The summed E-state index contributed by atoms with van der Waals surface area (Å²) in [6, 6.07) is 0. The minimum atomic E-state index is -1.83. The maximum atomic E-state index is 13.2. The average molecular weight is 725 g/mol. The highest BCUT2D eigenvalue weighted by Crippen LogP contribution is 2.37. The van der Waals surface area contributed by atoms with Crippen molar-refractivity contribution >= 4 is 20.3 Å². The lowest BCUT2D eigenvalue weighted by atomic mass is 9.94. The molecule has 1 atom stereocenters. The minimum Gasteiger partial charge on any atom is -0.466 e. The van der Waals surface area contributed by atoms with Gasteiger partial charge in [0.05, 0.1) is 19.1 Å². The van der Waals surface area contributed by atoms with Crippen molar-refractivity contribution in [3.63, 3.8) is 0 Å². The summed E-state index contributed by atoms with van der Waals surface area (Å²) >= 11 is 0. The van der Waals surface area contributed by atoms with E-state index in [2.05, 4.69) is 54.6 Å². The first-order valence-electron chi connectivity index (χ1n) is 21.9. The van der Waals surface area contributed by atoms with E-state index in [1.807, 2.05) is 0 Å². The van der Waals surface area contributed by atoms with Crippen LogP contribution in [0.4, 0.5) is 0 Å². The minimum absolute atomic E-state index is 0.0351. The van der Waals surface area contributed by atoms with Gasteiger partial charge in [-0.25, -0.2) is 0 Å². The number of hydrogen-bond acceptors (Lipinski definition) is 5. The molecule has 0 radical (unpaired) electrons. The zero-order chi connectivity index (χ0) is 37.4. The summed E-state index contributed by atoms with van der Waals surface area (Å²) in [5, 5.41) is 0.191. The van der Waals surface area contributed by atoms with Gasteiger partial charge < -0.3 is 13.9 Å². The van der Waals surface area contributed by atoms with Crippen molar-refractivity contribution < 1.29 is 23.5 Å². The van der Waals surface area contributed by atoms with Crippen LogP contribution in [0, 0.1) is 11.8 Å². The summed E-state index contributed by atoms with van der Waals surface area (Å²) < 4.78 is 18.1. The molecular weight excluding hydrogens is 637 g/mol. The molecule has 0 N–H and O–H groups in total. The van der Waals surface area contributed by atoms with Crippen molar-refractivity contribution in [2.75, 3.05) is 19.8 Å². The van der Waals surface area contributed by atoms with Gasteiger partial charge in [-0.05, 0) is 81.8 Å². The molecule has 0 amide bonds. The highest BCUT2D eigenvalue weighted by atomic mass is 28.4. The third kappa shape index (κ3) is 28.7. The largest absolute Gasteiger partial charge is 0.466 e. The van der Waals surface area contributed by atoms with Crippen molar-refractivity contribution in [1.29, 1.82) is 0 Å². The molecule has 5 nitrogen and oxygen atoms in total. The Balaban J connectivity index is 4.68. The van der Waals surface area contributed by atoms with Gasteiger partial charge in [-0.2, -0.15) is 0 Å². The van der Waals surface area contributed by atoms with Crippen LogP contribution in [-0.2, 0) is 23.5 Å². The molecule has 0 aliphatic rings. The SMILES string of the molecule is CCCCCCCCCC(=O)OCCCCC(CCCCOC(=O)C(CCCCCCCC)CCCCCCCC)CO[Si](C)(C)C(C)(C)C. The van der Waals surface area contributed by atoms with E-state index in [0.29, 0.717) is 25.6 Å². The number of rotatable bonds is 36. The molecule has 0 aromatic carbocycles. The second-order valence-corrected chi connectivity index (χ2v) is 21.8. The van der Waals surface area contributed by atoms with Crippen molar-refractivity contribution in [2.24, 2.45) is 11.8 Å². The zero-order valence-electron chi connectivity index (χ0n) is 35.1. The lowest BCUT2D eigenvalue weighted by Crippen LogP contribution is -2.42. The third-order valence-electron chi connectivity index (χ3n) is 11.1. The molecular formula is C44H88O5Si. The van der Waals surface area contributed by atoms with Crippen LogP contribution in [0.3, 0.4) is 0 Å². The van der Waals surface area contributed by atoms with Gasteiger partial charge in [0.15, 0.2) is 8.32 Å². The zero-order valence-corrected chi connectivity index (χ0v) is 36.1. The normalized spacial score (nSPS) is 12.8. The number of esters is 2. The lowest BCUT2D eigenvalue weighted by molar-refractivity contribution is -0.149. The Labute approximate surface area is 314 Å². The number of ether oxygens (including phenoxy) is 2. The van der Waals surface area contributed by atoms with E-state index in [-0.39, 0.29) is 22.9 Å². The predicted octanol–water partition coefficient (Wildman–Crippen LogP) is 14.3. The van der Waals surface area contributed by atoms with Crippen LogP contribution in [0.5, 0.6) is 0 Å². The summed E-state index contributed by atoms with van der Waals surface area (Å²) in [6.45, 7) is 20.2. The Kier molecular flexibility index (Phi) is 32.2. The van der Waals surface area contributed by atoms with Crippen LogP contribution in [-0.4, -0.2) is 40.1 Å². The lowest BCUT2D eigenvalue weighted by Gasteiger charge is -2.37. The summed E-state index contributed by atoms with van der Waals surface area (Å²) in [6.07, 6.45) is 32.3. The molecule has 0 fully saturated rings. The van der Waals surface area contributed by atoms with Crippen molar-refractivity contribution in [3.05, 3.63) is 0 Å². The Morgan fingerprint density at radius 1 is 0.520 bits per heavy atom. The Morgan fingerprint density at radius 3 is 1.38 bits per heavy atom. The van der Waals surface area contributed by atoms with Gasteiger partial charge in [0, 0.05) is 13.0 Å². The summed E-state index contributed by atoms with van der Waals surface area (Å²) in [4.78, 5) is 25.4. The fourth-order valence-electron chi connectivity index (χ4n) is 6.42. The predicted molar refractivity (Wildman–Crippen MR) is 218 cm³/mol. The Bertz CT molecular complexity index is 761. The molecule has 0 rings (SSSR count). The highest BCUT2D eigenvalue weighted by Gasteiger charge is 2.37. The van der Waals surface area contributed by atoms with Crippen LogP contribution in [0.2, 0.25) is 18.1 Å². The quantitative estimate of drug-likeness (QED) is 0.0366. The van der Waals surface area contributed by atoms with Gasteiger partial charge in [0.2, 0.25) is 0 Å². The molecule has 0 spiro atoms. The number of carbonyl (C=O) groups excluding carboxylic acids is 2. The molecule has 50 heavy (non-hydrogen) atoms. The monoisotopic (exact) mass is 725 g/mol. The number of unbranched alkanes of at least 4 members (excludes halogenated alkanes) is 18. The second-order valence-electron chi connectivity index (χ2n) is 17.0. The topological polar surface area (TPSA) is 61.8 Å². The molecule has 0 aliphatic heterocycles. The number of hydrogen-bond donors (Lipinski definition) is 0. The first-order valence-corrected chi connectivity index (χ1v) is 24.8. The Morgan fingerprint density at radius 2 is 0.920 bits per heavy atom. The molecule has 0 bridgehead atoms. The van der Waals surface area contributed by atoms with Crippen molar-refractivity contribution in [1.82, 2.24) is 0 Å². The van der Waals surface area contributed by atoms with E-state index in [1.165, 1.54) is 96.3 Å². The van der Waals surface area contributed by atoms with Gasteiger partial charge in [-0.1, -0.05) is 157 Å². The standard InChI is InChI=1S/C44H88O5Si/c1-9-12-15-18-21-24-27-36-42(45)47-37-30-28-32-40(39-49-50(7,8)44(4,5)6)33-29-31-38-48-43(46)41(34-25-22-19-16-13-10-2)35-26-23-20-17-14-11-3/h40-41H,9-39H2,1-8H3. The maximum absolute atomic E-state index is 13.2. The van der Waals surface area contributed by atoms with Crippen molar-refractivity contribution in [2.45, 2.75) is 239 Å². The van der Waals surface area contributed by atoms with Crippen molar-refractivity contribution in [3.8, 4) is 0 Å². The molecule has 6 heteroatoms. The van der Waals surface area contributed by atoms with Crippen LogP contribution in [0.15, 0.2) is 0 Å². The van der Waals surface area contributed by atoms with Gasteiger partial charge in [-0.3, -0.25) is 9.59 Å². The van der Waals surface area contributed by atoms with Gasteiger partial charge in [-0.15, -0.1) is 0 Å². The smallest absolute Gasteiger partial charge is 0.308 e. The molecule has 0 saturated heterocycles. The Hall–Kier alpha value is -0.883. The maximum Gasteiger partial charge on any atom is 0.308 e. The number of carbonyl (C=O) groups is 2. The second kappa shape index (κ2) is 32.7. The fraction of sp³-hybridized carbons (Fsp3) is 0.955. The van der Waals surface area contributed by atoms with Crippen LogP contribution < -0.4 is 0 Å². The molecule has 0 aliphatic carbocycles. The molecule has 298 valence electrons. The highest BCUT2D eigenvalue weighted by molar-refractivity contribution is 6.74. The molecule has 0 heterocycles. The first kappa shape index (κ1) is 49.1. The fourth-order valence-corrected chi connectivity index (χ4v) is 7.51. The average Bonchev–Trinajstić information content (AvgIpc) is 3.07.